The van der Waals surface area contributed by atoms with Gasteiger partial charge in [-0.2, -0.15) is 0 Å². The quantitative estimate of drug-likeness (QED) is 0.817. The molecule has 0 radical (unpaired) electrons. The molecule has 0 spiro atoms. The van der Waals surface area contributed by atoms with Crippen LogP contribution in [0.1, 0.15) is 26.3 Å². The fourth-order valence-corrected chi connectivity index (χ4v) is 3.03. The monoisotopic (exact) mass is 383 g/mol. The first kappa shape index (κ1) is 19.2. The Morgan fingerprint density at radius 2 is 1.64 bits per heavy atom. The molecular formula is C20H21N3O5. The van der Waals surface area contributed by atoms with Crippen LogP contribution in [0.25, 0.3) is 0 Å². The number of nitrogens with zero attached hydrogens (tertiary/aromatic N) is 2. The summed E-state index contributed by atoms with van der Waals surface area (Å²) in [7, 11) is 0. The summed E-state index contributed by atoms with van der Waals surface area (Å²) in [5, 5.41) is 9.00. The van der Waals surface area contributed by atoms with Crippen LogP contribution in [0.15, 0.2) is 48.5 Å². The van der Waals surface area contributed by atoms with Gasteiger partial charge < -0.3 is 25.4 Å². The number of ether oxygens (including phenoxy) is 1. The fraction of sp³-hybridized carbons (Fsp3) is 0.250. The van der Waals surface area contributed by atoms with E-state index in [1.54, 1.807) is 47.4 Å². The maximum absolute atomic E-state index is 12.7. The van der Waals surface area contributed by atoms with Crippen LogP contribution in [-0.2, 0) is 6.61 Å². The van der Waals surface area contributed by atoms with E-state index in [0.29, 0.717) is 43.1 Å². The first-order valence-electron chi connectivity index (χ1n) is 8.83. The lowest BCUT2D eigenvalue weighted by molar-refractivity contribution is 0.0624. The van der Waals surface area contributed by atoms with E-state index in [-0.39, 0.29) is 12.5 Å². The summed E-state index contributed by atoms with van der Waals surface area (Å²) in [6, 6.07) is 13.7. The second kappa shape index (κ2) is 8.43. The first-order chi connectivity index (χ1) is 13.5. The zero-order valence-electron chi connectivity index (χ0n) is 15.2. The van der Waals surface area contributed by atoms with Crippen LogP contribution in [0.3, 0.4) is 0 Å². The van der Waals surface area contributed by atoms with E-state index in [9.17, 15) is 14.4 Å². The highest BCUT2D eigenvalue weighted by Gasteiger charge is 2.24. The Balaban J connectivity index is 1.65. The molecule has 3 rings (SSSR count). The van der Waals surface area contributed by atoms with Crippen molar-refractivity contribution in [3.63, 3.8) is 0 Å². The van der Waals surface area contributed by atoms with Crippen LogP contribution in [-0.4, -0.2) is 59.0 Å². The van der Waals surface area contributed by atoms with Gasteiger partial charge in [0.05, 0.1) is 5.56 Å². The second-order valence-corrected chi connectivity index (χ2v) is 6.41. The van der Waals surface area contributed by atoms with Crippen LogP contribution in [0.5, 0.6) is 5.75 Å². The van der Waals surface area contributed by atoms with Crippen molar-refractivity contribution >= 4 is 17.9 Å². The van der Waals surface area contributed by atoms with E-state index in [2.05, 4.69) is 0 Å². The van der Waals surface area contributed by atoms with Crippen molar-refractivity contribution in [3.05, 3.63) is 65.2 Å². The van der Waals surface area contributed by atoms with Gasteiger partial charge in [0.15, 0.2) is 0 Å². The number of hydrogen-bond donors (Lipinski definition) is 2. The van der Waals surface area contributed by atoms with Gasteiger partial charge in [0.25, 0.3) is 11.8 Å². The van der Waals surface area contributed by atoms with Crippen molar-refractivity contribution in [2.45, 2.75) is 6.61 Å². The van der Waals surface area contributed by atoms with Crippen molar-refractivity contribution in [1.82, 2.24) is 9.80 Å². The number of primary amides is 1. The molecule has 3 N–H and O–H groups in total. The smallest absolute Gasteiger partial charge is 0.407 e. The maximum atomic E-state index is 12.7. The van der Waals surface area contributed by atoms with E-state index < -0.39 is 12.0 Å². The Hall–Kier alpha value is -3.55. The third-order valence-corrected chi connectivity index (χ3v) is 4.56. The Morgan fingerprint density at radius 3 is 2.32 bits per heavy atom. The lowest BCUT2D eigenvalue weighted by Crippen LogP contribution is -2.50. The molecule has 146 valence electrons. The summed E-state index contributed by atoms with van der Waals surface area (Å²) >= 11 is 0. The molecule has 28 heavy (non-hydrogen) atoms. The third kappa shape index (κ3) is 4.40. The zero-order chi connectivity index (χ0) is 20.1. The van der Waals surface area contributed by atoms with Gasteiger partial charge in [-0.1, -0.05) is 24.3 Å². The molecule has 0 aliphatic carbocycles. The molecule has 1 aliphatic heterocycles. The van der Waals surface area contributed by atoms with Gasteiger partial charge in [-0.15, -0.1) is 0 Å². The number of piperazine rings is 1. The number of carbonyl (C=O) groups excluding carboxylic acids is 2. The number of para-hydroxylation sites is 1. The predicted octanol–water partition coefficient (Wildman–Crippen LogP) is 1.80. The lowest BCUT2D eigenvalue weighted by atomic mass is 10.1. The van der Waals surface area contributed by atoms with Crippen molar-refractivity contribution in [1.29, 1.82) is 0 Å². The van der Waals surface area contributed by atoms with Gasteiger partial charge in [-0.25, -0.2) is 4.79 Å². The topological polar surface area (TPSA) is 113 Å². The first-order valence-corrected chi connectivity index (χ1v) is 8.83. The molecule has 2 aromatic carbocycles. The van der Waals surface area contributed by atoms with Crippen LogP contribution in [0.2, 0.25) is 0 Å². The average molecular weight is 383 g/mol. The number of nitrogens with two attached hydrogens (primary N) is 1. The molecule has 8 nitrogen and oxygen atoms in total. The van der Waals surface area contributed by atoms with E-state index >= 15 is 0 Å². The van der Waals surface area contributed by atoms with Gasteiger partial charge in [-0.3, -0.25) is 9.59 Å². The molecule has 1 fully saturated rings. The van der Waals surface area contributed by atoms with Crippen molar-refractivity contribution in [3.8, 4) is 5.75 Å². The summed E-state index contributed by atoms with van der Waals surface area (Å²) in [5.41, 5.74) is 6.93. The highest BCUT2D eigenvalue weighted by molar-refractivity contribution is 5.95. The minimum Gasteiger partial charge on any atom is -0.488 e. The summed E-state index contributed by atoms with van der Waals surface area (Å²) in [4.78, 5) is 38.1. The van der Waals surface area contributed by atoms with Gasteiger partial charge >= 0.3 is 6.09 Å². The van der Waals surface area contributed by atoms with E-state index in [4.69, 9.17) is 15.6 Å². The van der Waals surface area contributed by atoms with E-state index in [1.807, 2.05) is 6.07 Å². The Bertz CT molecular complexity index is 891. The molecular weight excluding hydrogens is 362 g/mol. The molecule has 0 aromatic heterocycles. The normalized spacial score (nSPS) is 13.9. The average Bonchev–Trinajstić information content (AvgIpc) is 2.72. The summed E-state index contributed by atoms with van der Waals surface area (Å²) in [6.07, 6.45) is -0.970. The number of benzene rings is 2. The highest BCUT2D eigenvalue weighted by Crippen LogP contribution is 2.19. The van der Waals surface area contributed by atoms with Gasteiger partial charge in [0.2, 0.25) is 0 Å². The number of carbonyl (C=O) groups is 3. The standard InChI is InChI=1S/C20H21N3O5/c21-18(24)16-6-1-2-7-17(16)28-13-14-4-3-5-15(12-14)19(25)22-8-10-23(11-9-22)20(26)27/h1-7,12H,8-11,13H2,(H2,21,24)(H,26,27). The Labute approximate surface area is 162 Å². The fourth-order valence-electron chi connectivity index (χ4n) is 3.03. The summed E-state index contributed by atoms with van der Waals surface area (Å²) in [5.74, 6) is -0.332. The lowest BCUT2D eigenvalue weighted by Gasteiger charge is -2.33. The summed E-state index contributed by atoms with van der Waals surface area (Å²) in [6.45, 7) is 1.50. The molecule has 1 saturated heterocycles. The molecule has 8 heteroatoms. The van der Waals surface area contributed by atoms with Gasteiger partial charge in [0, 0.05) is 31.7 Å². The van der Waals surface area contributed by atoms with Crippen molar-refractivity contribution in [2.24, 2.45) is 5.73 Å². The molecule has 0 unspecified atom stereocenters. The van der Waals surface area contributed by atoms with E-state index in [0.717, 1.165) is 5.56 Å². The Morgan fingerprint density at radius 1 is 0.964 bits per heavy atom. The molecule has 1 aliphatic rings. The van der Waals surface area contributed by atoms with Crippen LogP contribution < -0.4 is 10.5 Å². The largest absolute Gasteiger partial charge is 0.488 e. The van der Waals surface area contributed by atoms with Crippen LogP contribution in [0.4, 0.5) is 4.79 Å². The second-order valence-electron chi connectivity index (χ2n) is 6.41. The van der Waals surface area contributed by atoms with E-state index in [1.165, 1.54) is 4.90 Å². The predicted molar refractivity (Wildman–Crippen MR) is 101 cm³/mol. The summed E-state index contributed by atoms with van der Waals surface area (Å²) < 4.78 is 5.71. The minimum atomic E-state index is -0.970. The zero-order valence-corrected chi connectivity index (χ0v) is 15.2. The molecule has 0 bridgehead atoms. The third-order valence-electron chi connectivity index (χ3n) is 4.56. The molecule has 2 aromatic rings. The highest BCUT2D eigenvalue weighted by atomic mass is 16.5. The van der Waals surface area contributed by atoms with Crippen LogP contribution >= 0.6 is 0 Å². The number of rotatable bonds is 5. The number of hydrogen-bond acceptors (Lipinski definition) is 4. The SMILES string of the molecule is NC(=O)c1ccccc1OCc1cccc(C(=O)N2CCN(C(=O)O)CC2)c1. The minimum absolute atomic E-state index is 0.149. The molecule has 1 heterocycles. The van der Waals surface area contributed by atoms with Crippen molar-refractivity contribution in [2.75, 3.05) is 26.2 Å². The van der Waals surface area contributed by atoms with Gasteiger partial charge in [0.1, 0.15) is 12.4 Å². The molecule has 0 atom stereocenters. The molecule has 3 amide bonds. The van der Waals surface area contributed by atoms with Crippen LogP contribution in [0, 0.1) is 0 Å². The number of carboxylic acid groups (broad SMARTS) is 1. The number of amides is 3. The van der Waals surface area contributed by atoms with Crippen molar-refractivity contribution < 1.29 is 24.2 Å². The molecule has 0 saturated carbocycles. The maximum Gasteiger partial charge on any atom is 0.407 e. The Kier molecular flexibility index (Phi) is 5.78. The van der Waals surface area contributed by atoms with Gasteiger partial charge in [-0.05, 0) is 29.8 Å².